The van der Waals surface area contributed by atoms with E-state index < -0.39 is 0 Å². The van der Waals surface area contributed by atoms with E-state index in [1.54, 1.807) is 10.8 Å². The second kappa shape index (κ2) is 9.83. The second-order valence-corrected chi connectivity index (χ2v) is 9.86. The van der Waals surface area contributed by atoms with Crippen LogP contribution in [0.4, 0.5) is 0 Å². The first-order valence-corrected chi connectivity index (χ1v) is 12.5. The Bertz CT molecular complexity index is 1300. The maximum absolute atomic E-state index is 13.5. The van der Waals surface area contributed by atoms with Crippen LogP contribution in [0.15, 0.2) is 58.6 Å². The quantitative estimate of drug-likeness (QED) is 0.298. The van der Waals surface area contributed by atoms with E-state index in [4.69, 9.17) is 4.98 Å². The van der Waals surface area contributed by atoms with Crippen molar-refractivity contribution >= 4 is 49.4 Å². The van der Waals surface area contributed by atoms with Gasteiger partial charge >= 0.3 is 0 Å². The Morgan fingerprint density at radius 3 is 2.72 bits per heavy atom. The minimum Gasteiger partial charge on any atom is -0.353 e. The van der Waals surface area contributed by atoms with Gasteiger partial charge in [0.15, 0.2) is 5.16 Å². The summed E-state index contributed by atoms with van der Waals surface area (Å²) in [5.41, 5.74) is 1.74. The summed E-state index contributed by atoms with van der Waals surface area (Å²) in [5, 5.41) is 4.42. The van der Waals surface area contributed by atoms with Crippen LogP contribution in [0.2, 0.25) is 0 Å². The molecule has 0 bridgehead atoms. The molecule has 0 spiro atoms. The molecule has 32 heavy (non-hydrogen) atoms. The minimum atomic E-state index is -0.0781. The van der Waals surface area contributed by atoms with E-state index in [1.165, 1.54) is 23.1 Å². The number of thioether (sulfide) groups is 1. The van der Waals surface area contributed by atoms with Crippen LogP contribution in [0.25, 0.3) is 20.4 Å². The molecule has 3 heterocycles. The lowest BCUT2D eigenvalue weighted by Gasteiger charge is -2.17. The number of aromatic nitrogens is 3. The maximum atomic E-state index is 13.5. The highest BCUT2D eigenvalue weighted by Gasteiger charge is 2.20. The number of pyridine rings is 1. The van der Waals surface area contributed by atoms with Crippen LogP contribution in [-0.4, -0.2) is 32.2 Å². The first-order valence-electron chi connectivity index (χ1n) is 10.7. The third kappa shape index (κ3) is 4.71. The number of thiophene rings is 1. The first kappa shape index (κ1) is 22.5. The number of benzene rings is 1. The fraction of sp³-hybridized carbons (Fsp3) is 0.333. The van der Waals surface area contributed by atoms with Crippen molar-refractivity contribution in [3.63, 3.8) is 0 Å². The number of rotatable bonds is 8. The van der Waals surface area contributed by atoms with Gasteiger partial charge in [-0.2, -0.15) is 0 Å². The second-order valence-electron chi connectivity index (χ2n) is 7.92. The highest BCUT2D eigenvalue weighted by atomic mass is 32.2. The van der Waals surface area contributed by atoms with E-state index in [1.807, 2.05) is 44.2 Å². The van der Waals surface area contributed by atoms with Crippen LogP contribution in [0.3, 0.4) is 0 Å². The number of carbonyl (C=O) groups is 1. The predicted octanol–water partition coefficient (Wildman–Crippen LogP) is 4.82. The number of carbonyl (C=O) groups excluding carboxylic acids is 1. The van der Waals surface area contributed by atoms with Gasteiger partial charge in [-0.25, -0.2) is 9.97 Å². The van der Waals surface area contributed by atoms with Crippen LogP contribution in [0.5, 0.6) is 0 Å². The molecule has 0 saturated carbocycles. The Kier molecular flexibility index (Phi) is 6.91. The van der Waals surface area contributed by atoms with Crippen molar-refractivity contribution in [3.8, 4) is 0 Å². The van der Waals surface area contributed by atoms with Gasteiger partial charge in [-0.1, -0.05) is 55.9 Å². The maximum Gasteiger partial charge on any atom is 0.272 e. The van der Waals surface area contributed by atoms with E-state index in [-0.39, 0.29) is 29.2 Å². The van der Waals surface area contributed by atoms with Crippen molar-refractivity contribution in [2.24, 2.45) is 0 Å². The topological polar surface area (TPSA) is 76.9 Å². The molecular formula is C24H26N4O2S2. The molecular weight excluding hydrogens is 440 g/mol. The lowest BCUT2D eigenvalue weighted by atomic mass is 10.0. The zero-order valence-electron chi connectivity index (χ0n) is 18.4. The van der Waals surface area contributed by atoms with Gasteiger partial charge in [-0.15, -0.1) is 11.3 Å². The van der Waals surface area contributed by atoms with Gasteiger partial charge in [0.1, 0.15) is 9.53 Å². The Labute approximate surface area is 195 Å². The SMILES string of the molecule is CC[C@@H](C)NC(=O)CSc1nc2c(sc3ncccc32)c(=O)n1C[C@H](C)c1ccccc1. The van der Waals surface area contributed by atoms with Crippen LogP contribution in [0.1, 0.15) is 38.7 Å². The summed E-state index contributed by atoms with van der Waals surface area (Å²) in [6.45, 7) is 6.60. The smallest absolute Gasteiger partial charge is 0.272 e. The lowest BCUT2D eigenvalue weighted by molar-refractivity contribution is -0.119. The van der Waals surface area contributed by atoms with Crippen LogP contribution >= 0.6 is 23.1 Å². The summed E-state index contributed by atoms with van der Waals surface area (Å²) in [5.74, 6) is 0.273. The van der Waals surface area contributed by atoms with Gasteiger partial charge in [0.25, 0.3) is 5.56 Å². The Morgan fingerprint density at radius 2 is 1.97 bits per heavy atom. The first-order chi connectivity index (χ1) is 15.5. The minimum absolute atomic E-state index is 0.0572. The summed E-state index contributed by atoms with van der Waals surface area (Å²) >= 11 is 2.68. The van der Waals surface area contributed by atoms with Crippen molar-refractivity contribution in [2.75, 3.05) is 5.75 Å². The van der Waals surface area contributed by atoms with Gasteiger partial charge in [-0.05, 0) is 37.0 Å². The molecule has 0 radical (unpaired) electrons. The number of amides is 1. The monoisotopic (exact) mass is 466 g/mol. The van der Waals surface area contributed by atoms with E-state index in [9.17, 15) is 9.59 Å². The van der Waals surface area contributed by atoms with Crippen molar-refractivity contribution in [1.82, 2.24) is 19.9 Å². The number of hydrogen-bond donors (Lipinski definition) is 1. The number of hydrogen-bond acceptors (Lipinski definition) is 6. The van der Waals surface area contributed by atoms with Crippen LogP contribution < -0.4 is 10.9 Å². The molecule has 0 fully saturated rings. The largest absolute Gasteiger partial charge is 0.353 e. The summed E-state index contributed by atoms with van der Waals surface area (Å²) < 4.78 is 2.32. The Balaban J connectivity index is 1.74. The third-order valence-electron chi connectivity index (χ3n) is 5.50. The molecule has 0 aliphatic rings. The van der Waals surface area contributed by atoms with Crippen molar-refractivity contribution in [1.29, 1.82) is 0 Å². The molecule has 1 amide bonds. The molecule has 0 unspecified atom stereocenters. The van der Waals surface area contributed by atoms with Crippen molar-refractivity contribution in [3.05, 3.63) is 64.6 Å². The molecule has 3 aromatic heterocycles. The van der Waals surface area contributed by atoms with Gasteiger partial charge in [-0.3, -0.25) is 14.2 Å². The molecule has 2 atom stereocenters. The Hall–Kier alpha value is -2.71. The summed E-state index contributed by atoms with van der Waals surface area (Å²) in [6.07, 6.45) is 2.59. The number of fused-ring (bicyclic) bond motifs is 3. The highest BCUT2D eigenvalue weighted by Crippen LogP contribution is 2.31. The van der Waals surface area contributed by atoms with Gasteiger partial charge in [0, 0.05) is 24.2 Å². The fourth-order valence-electron chi connectivity index (χ4n) is 3.52. The van der Waals surface area contributed by atoms with Gasteiger partial charge < -0.3 is 5.32 Å². The zero-order valence-corrected chi connectivity index (χ0v) is 20.0. The van der Waals surface area contributed by atoms with Crippen molar-refractivity contribution in [2.45, 2.75) is 50.9 Å². The molecule has 4 aromatic rings. The highest BCUT2D eigenvalue weighted by molar-refractivity contribution is 7.99. The summed E-state index contributed by atoms with van der Waals surface area (Å²) in [6, 6.07) is 14.0. The lowest BCUT2D eigenvalue weighted by Crippen LogP contribution is -2.33. The van der Waals surface area contributed by atoms with Gasteiger partial charge in [0.05, 0.1) is 11.3 Å². The van der Waals surface area contributed by atoms with E-state index in [2.05, 4.69) is 29.4 Å². The van der Waals surface area contributed by atoms with E-state index >= 15 is 0 Å². The normalized spacial score (nSPS) is 13.3. The molecule has 6 nitrogen and oxygen atoms in total. The molecule has 166 valence electrons. The van der Waals surface area contributed by atoms with E-state index in [0.717, 1.165) is 22.2 Å². The molecule has 0 aliphatic carbocycles. The van der Waals surface area contributed by atoms with Crippen LogP contribution in [-0.2, 0) is 11.3 Å². The van der Waals surface area contributed by atoms with Crippen LogP contribution in [0, 0.1) is 0 Å². The van der Waals surface area contributed by atoms with Gasteiger partial charge in [0.2, 0.25) is 5.91 Å². The summed E-state index contributed by atoms with van der Waals surface area (Å²) in [7, 11) is 0. The molecule has 1 N–H and O–H groups in total. The number of nitrogens with zero attached hydrogens (tertiary/aromatic N) is 3. The predicted molar refractivity (Wildman–Crippen MR) is 133 cm³/mol. The molecule has 0 aliphatic heterocycles. The average molecular weight is 467 g/mol. The average Bonchev–Trinajstić information content (AvgIpc) is 3.19. The Morgan fingerprint density at radius 1 is 1.19 bits per heavy atom. The fourth-order valence-corrected chi connectivity index (χ4v) is 5.37. The van der Waals surface area contributed by atoms with E-state index in [0.29, 0.717) is 21.9 Å². The molecule has 8 heteroatoms. The molecule has 0 saturated heterocycles. The molecule has 4 rings (SSSR count). The molecule has 1 aromatic carbocycles. The number of nitrogens with one attached hydrogen (secondary N) is 1. The standard InChI is InChI=1S/C24H26N4O2S2/c1-4-16(3)26-19(29)14-31-24-27-20-18-11-8-12-25-22(18)32-21(20)23(30)28(24)13-15(2)17-9-6-5-7-10-17/h5-12,15-16H,4,13-14H2,1-3H3,(H,26,29)/t15-,16+/m0/s1. The van der Waals surface area contributed by atoms with Crippen molar-refractivity contribution < 1.29 is 4.79 Å². The third-order valence-corrected chi connectivity index (χ3v) is 7.56. The summed E-state index contributed by atoms with van der Waals surface area (Å²) in [4.78, 5) is 36.0. The zero-order chi connectivity index (χ0) is 22.7.